The Balaban J connectivity index is 0.00000264. The van der Waals surface area contributed by atoms with Crippen LogP contribution in [0.15, 0.2) is 18.2 Å². The van der Waals surface area contributed by atoms with Gasteiger partial charge in [0.2, 0.25) is 5.91 Å². The topological polar surface area (TPSA) is 88.7 Å². The van der Waals surface area contributed by atoms with Crippen LogP contribution in [0.3, 0.4) is 0 Å². The predicted octanol–water partition coefficient (Wildman–Crippen LogP) is 0.932. The molecule has 0 aliphatic heterocycles. The first kappa shape index (κ1) is 19.1. The van der Waals surface area contributed by atoms with Gasteiger partial charge in [0.15, 0.2) is 18.1 Å². The molecule has 128 valence electrons. The molecule has 0 heterocycles. The first-order valence-corrected chi connectivity index (χ1v) is 7.17. The lowest BCUT2D eigenvalue weighted by atomic mass is 10.2. The lowest BCUT2D eigenvalue weighted by molar-refractivity contribution is -0.123. The number of anilines is 1. The number of benzene rings is 1. The molecule has 0 unspecified atom stereocenters. The van der Waals surface area contributed by atoms with Crippen molar-refractivity contribution in [3.8, 4) is 11.5 Å². The minimum atomic E-state index is -0.162. The van der Waals surface area contributed by atoms with Gasteiger partial charge in [-0.15, -0.1) is 12.4 Å². The van der Waals surface area contributed by atoms with Gasteiger partial charge < -0.3 is 25.4 Å². The summed E-state index contributed by atoms with van der Waals surface area (Å²) in [4.78, 5) is 23.2. The number of halogens is 1. The van der Waals surface area contributed by atoms with Crippen LogP contribution in [0, 0.1) is 0 Å². The number of carbonyl (C=O) groups is 2. The number of nitrogens with one attached hydrogen (secondary N) is 3. The van der Waals surface area contributed by atoms with Gasteiger partial charge in [-0.3, -0.25) is 9.59 Å². The summed E-state index contributed by atoms with van der Waals surface area (Å²) in [6, 6.07) is 5.33. The molecule has 1 fully saturated rings. The number of amides is 2. The second kappa shape index (κ2) is 9.22. The largest absolute Gasteiger partial charge is 0.493 e. The second-order valence-electron chi connectivity index (χ2n) is 5.07. The molecule has 0 radical (unpaired) electrons. The normalized spacial score (nSPS) is 12.8. The van der Waals surface area contributed by atoms with Crippen molar-refractivity contribution in [2.45, 2.75) is 18.9 Å². The molecule has 1 aromatic rings. The van der Waals surface area contributed by atoms with E-state index in [9.17, 15) is 9.59 Å². The smallest absolute Gasteiger partial charge is 0.258 e. The average molecular weight is 344 g/mol. The first-order chi connectivity index (χ1) is 10.6. The van der Waals surface area contributed by atoms with E-state index in [0.717, 1.165) is 12.8 Å². The summed E-state index contributed by atoms with van der Waals surface area (Å²) < 4.78 is 10.7. The third-order valence-corrected chi connectivity index (χ3v) is 3.09. The molecule has 0 aromatic heterocycles. The molecule has 0 bridgehead atoms. The summed E-state index contributed by atoms with van der Waals surface area (Å²) in [6.45, 7) is 0.132. The molecule has 8 heteroatoms. The van der Waals surface area contributed by atoms with Crippen molar-refractivity contribution in [2.24, 2.45) is 0 Å². The van der Waals surface area contributed by atoms with Crippen LogP contribution >= 0.6 is 12.4 Å². The Labute approximate surface area is 141 Å². The van der Waals surface area contributed by atoms with Crippen LogP contribution in [0.25, 0.3) is 0 Å². The van der Waals surface area contributed by atoms with E-state index >= 15 is 0 Å². The number of likely N-dealkylation sites (N-methyl/N-ethyl adjacent to an activating group) is 1. The molecule has 1 aliphatic carbocycles. The third kappa shape index (κ3) is 6.33. The van der Waals surface area contributed by atoms with Crippen molar-refractivity contribution in [3.63, 3.8) is 0 Å². The number of ether oxygens (including phenoxy) is 2. The predicted molar refractivity (Wildman–Crippen MR) is 89.5 cm³/mol. The minimum absolute atomic E-state index is 0. The fourth-order valence-electron chi connectivity index (χ4n) is 1.87. The van der Waals surface area contributed by atoms with Crippen molar-refractivity contribution < 1.29 is 19.1 Å². The summed E-state index contributed by atoms with van der Waals surface area (Å²) in [5.74, 6) is 0.598. The molecular weight excluding hydrogens is 322 g/mol. The molecule has 0 spiro atoms. The van der Waals surface area contributed by atoms with Gasteiger partial charge in [0.1, 0.15) is 0 Å². The first-order valence-electron chi connectivity index (χ1n) is 7.17. The van der Waals surface area contributed by atoms with Crippen molar-refractivity contribution in [1.82, 2.24) is 10.6 Å². The Morgan fingerprint density at radius 2 is 1.96 bits per heavy atom. The Bertz CT molecular complexity index is 550. The van der Waals surface area contributed by atoms with Crippen molar-refractivity contribution in [2.75, 3.05) is 32.6 Å². The molecule has 0 saturated heterocycles. The molecule has 1 aromatic carbocycles. The van der Waals surface area contributed by atoms with Crippen LogP contribution in [-0.4, -0.2) is 45.2 Å². The van der Waals surface area contributed by atoms with Gasteiger partial charge in [-0.1, -0.05) is 0 Å². The zero-order chi connectivity index (χ0) is 15.9. The highest BCUT2D eigenvalue weighted by Crippen LogP contribution is 2.30. The van der Waals surface area contributed by atoms with E-state index in [1.54, 1.807) is 25.2 Å². The summed E-state index contributed by atoms with van der Waals surface area (Å²) in [7, 11) is 3.21. The van der Waals surface area contributed by atoms with Crippen LogP contribution in [0.4, 0.5) is 5.69 Å². The highest BCUT2D eigenvalue weighted by atomic mass is 35.5. The van der Waals surface area contributed by atoms with Gasteiger partial charge in [-0.2, -0.15) is 0 Å². The number of hydrogen-bond acceptors (Lipinski definition) is 5. The van der Waals surface area contributed by atoms with E-state index in [4.69, 9.17) is 9.47 Å². The van der Waals surface area contributed by atoms with Crippen LogP contribution in [0.5, 0.6) is 11.5 Å². The zero-order valence-electron chi connectivity index (χ0n) is 13.2. The van der Waals surface area contributed by atoms with E-state index in [-0.39, 0.29) is 37.4 Å². The lowest BCUT2D eigenvalue weighted by Gasteiger charge is -2.13. The van der Waals surface area contributed by atoms with Gasteiger partial charge in [-0.05, 0) is 32.0 Å². The standard InChI is InChI=1S/C15H21N3O4.ClH/c1-16-8-14(19)18-11-5-6-12(21-2)13(7-11)22-9-15(20)17-10-3-4-10;/h5-7,10,16H,3-4,8-9H2,1-2H3,(H,17,20)(H,18,19);1H. The maximum absolute atomic E-state index is 11.7. The molecule has 1 saturated carbocycles. The van der Waals surface area contributed by atoms with E-state index in [1.165, 1.54) is 7.11 Å². The van der Waals surface area contributed by atoms with Crippen molar-refractivity contribution in [1.29, 1.82) is 0 Å². The molecule has 3 N–H and O–H groups in total. The van der Waals surface area contributed by atoms with E-state index < -0.39 is 0 Å². The Hall–Kier alpha value is -1.99. The Morgan fingerprint density at radius 1 is 1.22 bits per heavy atom. The highest BCUT2D eigenvalue weighted by molar-refractivity contribution is 5.92. The van der Waals surface area contributed by atoms with Crippen molar-refractivity contribution in [3.05, 3.63) is 18.2 Å². The quantitative estimate of drug-likeness (QED) is 0.653. The highest BCUT2D eigenvalue weighted by Gasteiger charge is 2.23. The van der Waals surface area contributed by atoms with Gasteiger partial charge in [0.25, 0.3) is 5.91 Å². The average Bonchev–Trinajstić information content (AvgIpc) is 3.29. The fraction of sp³-hybridized carbons (Fsp3) is 0.467. The second-order valence-corrected chi connectivity index (χ2v) is 5.07. The van der Waals surface area contributed by atoms with Crippen LogP contribution in [-0.2, 0) is 9.59 Å². The number of rotatable bonds is 8. The molecule has 7 nitrogen and oxygen atoms in total. The Morgan fingerprint density at radius 3 is 2.57 bits per heavy atom. The van der Waals surface area contributed by atoms with E-state index in [1.807, 2.05) is 0 Å². The summed E-state index contributed by atoms with van der Waals surface area (Å²) in [5.41, 5.74) is 0.582. The SMILES string of the molecule is CNCC(=O)Nc1ccc(OC)c(OCC(=O)NC2CC2)c1.Cl. The molecule has 0 atom stereocenters. The molecule has 23 heavy (non-hydrogen) atoms. The van der Waals surface area contributed by atoms with Crippen LogP contribution in [0.1, 0.15) is 12.8 Å². The maximum atomic E-state index is 11.7. The molecular formula is C15H22ClN3O4. The van der Waals surface area contributed by atoms with E-state index in [0.29, 0.717) is 23.2 Å². The van der Waals surface area contributed by atoms with Gasteiger partial charge in [0.05, 0.1) is 13.7 Å². The summed E-state index contributed by atoms with van der Waals surface area (Å²) in [6.07, 6.45) is 2.06. The van der Waals surface area contributed by atoms with Gasteiger partial charge in [-0.25, -0.2) is 0 Å². The number of carbonyl (C=O) groups excluding carboxylic acids is 2. The monoisotopic (exact) mass is 343 g/mol. The molecule has 2 amide bonds. The van der Waals surface area contributed by atoms with Gasteiger partial charge >= 0.3 is 0 Å². The van der Waals surface area contributed by atoms with Crippen molar-refractivity contribution >= 4 is 29.9 Å². The summed E-state index contributed by atoms with van der Waals surface area (Å²) in [5, 5.41) is 8.34. The fourth-order valence-corrected chi connectivity index (χ4v) is 1.87. The van der Waals surface area contributed by atoms with E-state index in [2.05, 4.69) is 16.0 Å². The zero-order valence-corrected chi connectivity index (χ0v) is 14.0. The molecule has 1 aliphatic rings. The van der Waals surface area contributed by atoms with Crippen LogP contribution in [0.2, 0.25) is 0 Å². The minimum Gasteiger partial charge on any atom is -0.493 e. The number of hydrogen-bond donors (Lipinski definition) is 3. The maximum Gasteiger partial charge on any atom is 0.258 e. The lowest BCUT2D eigenvalue weighted by Crippen LogP contribution is -2.30. The number of methoxy groups -OCH3 is 1. The van der Waals surface area contributed by atoms with Gasteiger partial charge in [0, 0.05) is 17.8 Å². The Kier molecular flexibility index (Phi) is 7.64. The summed E-state index contributed by atoms with van der Waals surface area (Å²) >= 11 is 0. The molecule has 2 rings (SSSR count). The van der Waals surface area contributed by atoms with Crippen LogP contribution < -0.4 is 25.4 Å². The third-order valence-electron chi connectivity index (χ3n) is 3.09.